The number of H-pyrrole nitrogens is 1. The third kappa shape index (κ3) is 4.95. The van der Waals surface area contributed by atoms with Crippen molar-refractivity contribution in [2.75, 3.05) is 14.1 Å². The lowest BCUT2D eigenvalue weighted by atomic mass is 10.1. The Balaban J connectivity index is 2.46. The van der Waals surface area contributed by atoms with Crippen molar-refractivity contribution < 1.29 is 0 Å². The molecule has 1 aromatic heterocycles. The van der Waals surface area contributed by atoms with Crippen molar-refractivity contribution in [3.05, 3.63) is 17.7 Å². The summed E-state index contributed by atoms with van der Waals surface area (Å²) in [5.41, 5.74) is 1.29. The van der Waals surface area contributed by atoms with Crippen LogP contribution in [-0.4, -0.2) is 34.5 Å². The molecular weight excluding hydrogens is 188 g/mol. The van der Waals surface area contributed by atoms with E-state index in [1.165, 1.54) is 0 Å². The molecule has 0 saturated carbocycles. The molecule has 1 rings (SSSR count). The van der Waals surface area contributed by atoms with Gasteiger partial charge in [-0.1, -0.05) is 0 Å². The Bertz CT molecular complexity index is 296. The quantitative estimate of drug-likeness (QED) is 0.788. The van der Waals surface area contributed by atoms with E-state index < -0.39 is 0 Å². The standard InChI is InChI=1S/C11H22N4/c1-11(2,3)13-7-9-6-12-10(14-9)8-15(4)5/h6,13H,7-8H2,1-5H3,(H,12,14). The summed E-state index contributed by atoms with van der Waals surface area (Å²) in [6.07, 6.45) is 1.90. The van der Waals surface area contributed by atoms with E-state index in [0.717, 1.165) is 24.6 Å². The smallest absolute Gasteiger partial charge is 0.120 e. The van der Waals surface area contributed by atoms with E-state index in [0.29, 0.717) is 0 Å². The van der Waals surface area contributed by atoms with Crippen LogP contribution in [0.15, 0.2) is 6.20 Å². The molecule has 0 amide bonds. The Kier molecular flexibility index (Phi) is 3.88. The molecule has 0 bridgehead atoms. The van der Waals surface area contributed by atoms with Crippen LogP contribution in [0.25, 0.3) is 0 Å². The summed E-state index contributed by atoms with van der Waals surface area (Å²) < 4.78 is 0. The Morgan fingerprint density at radius 2 is 2.07 bits per heavy atom. The zero-order valence-electron chi connectivity index (χ0n) is 10.4. The van der Waals surface area contributed by atoms with E-state index in [9.17, 15) is 0 Å². The predicted octanol–water partition coefficient (Wildman–Crippen LogP) is 1.36. The highest BCUT2D eigenvalue weighted by Gasteiger charge is 2.09. The second-order valence-corrected chi connectivity index (χ2v) is 5.20. The van der Waals surface area contributed by atoms with Gasteiger partial charge in [0.2, 0.25) is 0 Å². The average Bonchev–Trinajstić information content (AvgIpc) is 2.46. The second kappa shape index (κ2) is 4.77. The van der Waals surface area contributed by atoms with Gasteiger partial charge in [-0.3, -0.25) is 0 Å². The minimum absolute atomic E-state index is 0.146. The van der Waals surface area contributed by atoms with E-state index in [-0.39, 0.29) is 5.54 Å². The summed E-state index contributed by atoms with van der Waals surface area (Å²) in [6.45, 7) is 8.16. The van der Waals surface area contributed by atoms with Crippen molar-refractivity contribution >= 4 is 0 Å². The third-order valence-corrected chi connectivity index (χ3v) is 1.96. The maximum Gasteiger partial charge on any atom is 0.120 e. The summed E-state index contributed by atoms with van der Waals surface area (Å²) in [5, 5.41) is 3.42. The van der Waals surface area contributed by atoms with Crippen LogP contribution in [0.5, 0.6) is 0 Å². The van der Waals surface area contributed by atoms with E-state index in [1.54, 1.807) is 0 Å². The van der Waals surface area contributed by atoms with Gasteiger partial charge in [0.05, 0.1) is 6.54 Å². The van der Waals surface area contributed by atoms with Crippen LogP contribution in [0.1, 0.15) is 32.3 Å². The van der Waals surface area contributed by atoms with E-state index >= 15 is 0 Å². The van der Waals surface area contributed by atoms with Gasteiger partial charge in [-0.25, -0.2) is 4.98 Å². The zero-order valence-corrected chi connectivity index (χ0v) is 10.4. The Hall–Kier alpha value is -0.870. The topological polar surface area (TPSA) is 44.0 Å². The first-order chi connectivity index (χ1) is 6.87. The molecule has 4 heteroatoms. The number of nitrogens with zero attached hydrogens (tertiary/aromatic N) is 2. The van der Waals surface area contributed by atoms with Crippen molar-refractivity contribution in [2.24, 2.45) is 0 Å². The molecule has 0 aliphatic rings. The lowest BCUT2D eigenvalue weighted by Gasteiger charge is -2.19. The maximum atomic E-state index is 4.32. The highest BCUT2D eigenvalue weighted by atomic mass is 15.1. The van der Waals surface area contributed by atoms with Crippen LogP contribution in [0.4, 0.5) is 0 Å². The molecule has 0 aromatic carbocycles. The summed E-state index contributed by atoms with van der Waals surface area (Å²) in [5.74, 6) is 1.02. The minimum atomic E-state index is 0.146. The normalized spacial score (nSPS) is 12.4. The number of aromatic amines is 1. The lowest BCUT2D eigenvalue weighted by molar-refractivity contribution is 0.390. The number of rotatable bonds is 4. The highest BCUT2D eigenvalue weighted by molar-refractivity contribution is 5.01. The van der Waals surface area contributed by atoms with Gasteiger partial charge in [0, 0.05) is 24.0 Å². The van der Waals surface area contributed by atoms with E-state index in [2.05, 4.69) is 41.0 Å². The number of nitrogens with one attached hydrogen (secondary N) is 2. The van der Waals surface area contributed by atoms with Crippen LogP contribution in [0.3, 0.4) is 0 Å². The molecule has 1 heterocycles. The van der Waals surface area contributed by atoms with Crippen LogP contribution in [-0.2, 0) is 13.1 Å². The first-order valence-electron chi connectivity index (χ1n) is 5.29. The second-order valence-electron chi connectivity index (χ2n) is 5.20. The highest BCUT2D eigenvalue weighted by Crippen LogP contribution is 2.03. The molecule has 0 fully saturated rings. The SMILES string of the molecule is CN(C)Cc1ncc(CNC(C)(C)C)[nH]1. The fraction of sp³-hybridized carbons (Fsp3) is 0.727. The van der Waals surface area contributed by atoms with E-state index in [4.69, 9.17) is 0 Å². The molecule has 4 nitrogen and oxygen atoms in total. The van der Waals surface area contributed by atoms with Gasteiger partial charge in [0.25, 0.3) is 0 Å². The molecule has 0 spiro atoms. The number of imidazole rings is 1. The molecule has 2 N–H and O–H groups in total. The summed E-state index contributed by atoms with van der Waals surface area (Å²) in [4.78, 5) is 9.72. The van der Waals surface area contributed by atoms with Gasteiger partial charge in [-0.15, -0.1) is 0 Å². The molecule has 1 aromatic rings. The maximum absolute atomic E-state index is 4.32. The minimum Gasteiger partial charge on any atom is -0.344 e. The van der Waals surface area contributed by atoms with Crippen LogP contribution >= 0.6 is 0 Å². The van der Waals surface area contributed by atoms with Gasteiger partial charge in [-0.05, 0) is 34.9 Å². The molecule has 0 saturated heterocycles. The van der Waals surface area contributed by atoms with Gasteiger partial charge in [-0.2, -0.15) is 0 Å². The van der Waals surface area contributed by atoms with Crippen molar-refractivity contribution in [3.63, 3.8) is 0 Å². The van der Waals surface area contributed by atoms with Crippen molar-refractivity contribution in [2.45, 2.75) is 39.4 Å². The molecule has 0 unspecified atom stereocenters. The van der Waals surface area contributed by atoms with Crippen molar-refractivity contribution in [1.82, 2.24) is 20.2 Å². The monoisotopic (exact) mass is 210 g/mol. The first-order valence-corrected chi connectivity index (χ1v) is 5.29. The number of hydrogen-bond acceptors (Lipinski definition) is 3. The fourth-order valence-corrected chi connectivity index (χ4v) is 1.24. The average molecular weight is 210 g/mol. The van der Waals surface area contributed by atoms with E-state index in [1.807, 2.05) is 20.3 Å². The van der Waals surface area contributed by atoms with Crippen molar-refractivity contribution in [1.29, 1.82) is 0 Å². The Morgan fingerprint density at radius 3 is 2.60 bits per heavy atom. The molecular formula is C11H22N4. The largest absolute Gasteiger partial charge is 0.344 e. The molecule has 0 aliphatic carbocycles. The molecule has 15 heavy (non-hydrogen) atoms. The molecule has 0 atom stereocenters. The summed E-state index contributed by atoms with van der Waals surface area (Å²) in [6, 6.07) is 0. The summed E-state index contributed by atoms with van der Waals surface area (Å²) in [7, 11) is 4.07. The fourth-order valence-electron chi connectivity index (χ4n) is 1.24. The van der Waals surface area contributed by atoms with Crippen molar-refractivity contribution in [3.8, 4) is 0 Å². The zero-order chi connectivity index (χ0) is 11.5. The first kappa shape index (κ1) is 12.2. The number of hydrogen-bond donors (Lipinski definition) is 2. The Labute approximate surface area is 92.1 Å². The van der Waals surface area contributed by atoms with Crippen LogP contribution < -0.4 is 5.32 Å². The van der Waals surface area contributed by atoms with Crippen LogP contribution in [0.2, 0.25) is 0 Å². The molecule has 0 radical (unpaired) electrons. The third-order valence-electron chi connectivity index (χ3n) is 1.96. The van der Waals surface area contributed by atoms with Gasteiger partial charge in [0.1, 0.15) is 5.82 Å². The summed E-state index contributed by atoms with van der Waals surface area (Å²) >= 11 is 0. The lowest BCUT2D eigenvalue weighted by Crippen LogP contribution is -2.35. The predicted molar refractivity (Wildman–Crippen MR) is 62.6 cm³/mol. The van der Waals surface area contributed by atoms with Crippen LogP contribution in [0, 0.1) is 0 Å². The van der Waals surface area contributed by atoms with Gasteiger partial charge < -0.3 is 15.2 Å². The van der Waals surface area contributed by atoms with Gasteiger partial charge >= 0.3 is 0 Å². The molecule has 0 aliphatic heterocycles. The number of aromatic nitrogens is 2. The molecule has 86 valence electrons. The Morgan fingerprint density at radius 1 is 1.40 bits per heavy atom. The van der Waals surface area contributed by atoms with Gasteiger partial charge in [0.15, 0.2) is 0 Å².